The molecule has 0 spiro atoms. The summed E-state index contributed by atoms with van der Waals surface area (Å²) in [5.41, 5.74) is 4.02. The van der Waals surface area contributed by atoms with E-state index in [1.165, 1.54) is 16.7 Å². The fourth-order valence-electron chi connectivity index (χ4n) is 1.88. The Morgan fingerprint density at radius 2 is 2.12 bits per heavy atom. The lowest BCUT2D eigenvalue weighted by atomic mass is 9.95. The molecule has 0 aliphatic carbocycles. The van der Waals surface area contributed by atoms with Crippen molar-refractivity contribution in [1.82, 2.24) is 5.32 Å². The molecule has 16 heavy (non-hydrogen) atoms. The lowest BCUT2D eigenvalue weighted by Crippen LogP contribution is -2.22. The lowest BCUT2D eigenvalue weighted by Gasteiger charge is -2.19. The third-order valence-electron chi connectivity index (χ3n) is 2.98. The standard InChI is InChI=1S/C15H21N/c1-5-8-15(16-11-6-2)14-10-7-9-12(3)13(14)4/h1,7,9-10,15-16H,6,8,11H2,2-4H3. The Morgan fingerprint density at radius 1 is 1.38 bits per heavy atom. The number of hydrogen-bond donors (Lipinski definition) is 1. The minimum Gasteiger partial charge on any atom is -0.309 e. The van der Waals surface area contributed by atoms with Crippen LogP contribution < -0.4 is 5.32 Å². The molecule has 0 aromatic heterocycles. The Hall–Kier alpha value is -1.26. The molecule has 0 saturated heterocycles. The maximum Gasteiger partial charge on any atom is 0.0433 e. The highest BCUT2D eigenvalue weighted by Gasteiger charge is 2.12. The lowest BCUT2D eigenvalue weighted by molar-refractivity contribution is 0.540. The summed E-state index contributed by atoms with van der Waals surface area (Å²) in [6.07, 6.45) is 7.32. The van der Waals surface area contributed by atoms with Gasteiger partial charge in [-0.2, -0.15) is 0 Å². The first-order valence-electron chi connectivity index (χ1n) is 5.93. The topological polar surface area (TPSA) is 12.0 Å². The molecule has 0 aliphatic heterocycles. The van der Waals surface area contributed by atoms with E-state index in [4.69, 9.17) is 6.42 Å². The Labute approximate surface area is 99.3 Å². The van der Waals surface area contributed by atoms with Crippen LogP contribution >= 0.6 is 0 Å². The number of hydrogen-bond acceptors (Lipinski definition) is 1. The van der Waals surface area contributed by atoms with Crippen LogP contribution in [0.15, 0.2) is 18.2 Å². The average Bonchev–Trinajstić information content (AvgIpc) is 2.28. The Kier molecular flexibility index (Phi) is 5.08. The molecule has 1 heteroatoms. The minimum atomic E-state index is 0.296. The first-order valence-corrected chi connectivity index (χ1v) is 5.93. The van der Waals surface area contributed by atoms with Crippen molar-refractivity contribution in [3.05, 3.63) is 34.9 Å². The SMILES string of the molecule is C#CCC(NCCC)c1cccc(C)c1C. The first-order chi connectivity index (χ1) is 7.70. The van der Waals surface area contributed by atoms with Gasteiger partial charge in [0.05, 0.1) is 0 Å². The van der Waals surface area contributed by atoms with Crippen molar-refractivity contribution >= 4 is 0 Å². The predicted molar refractivity (Wildman–Crippen MR) is 70.4 cm³/mol. The van der Waals surface area contributed by atoms with Crippen LogP contribution in [0.1, 0.15) is 42.5 Å². The molecule has 0 amide bonds. The summed E-state index contributed by atoms with van der Waals surface area (Å²) in [5.74, 6) is 2.76. The zero-order chi connectivity index (χ0) is 12.0. The second-order valence-corrected chi connectivity index (χ2v) is 4.20. The molecule has 1 rings (SSSR count). The van der Waals surface area contributed by atoms with Gasteiger partial charge in [0.2, 0.25) is 0 Å². The second-order valence-electron chi connectivity index (χ2n) is 4.20. The maximum atomic E-state index is 5.44. The predicted octanol–water partition coefficient (Wildman–Crippen LogP) is 3.37. The van der Waals surface area contributed by atoms with Crippen molar-refractivity contribution in [2.75, 3.05) is 6.54 Å². The number of aryl methyl sites for hydroxylation is 1. The van der Waals surface area contributed by atoms with E-state index in [2.05, 4.69) is 50.2 Å². The summed E-state index contributed by atoms with van der Waals surface area (Å²) in [4.78, 5) is 0. The van der Waals surface area contributed by atoms with Gasteiger partial charge in [0.25, 0.3) is 0 Å². The Bertz CT molecular complexity index is 374. The smallest absolute Gasteiger partial charge is 0.0433 e. The van der Waals surface area contributed by atoms with Crippen LogP contribution in [-0.2, 0) is 0 Å². The fourth-order valence-corrected chi connectivity index (χ4v) is 1.88. The van der Waals surface area contributed by atoms with Crippen molar-refractivity contribution in [1.29, 1.82) is 0 Å². The maximum absolute atomic E-state index is 5.44. The van der Waals surface area contributed by atoms with Crippen molar-refractivity contribution in [2.45, 2.75) is 39.7 Å². The zero-order valence-corrected chi connectivity index (χ0v) is 10.5. The summed E-state index contributed by atoms with van der Waals surface area (Å²) in [6, 6.07) is 6.72. The van der Waals surface area contributed by atoms with Crippen LogP contribution in [0.4, 0.5) is 0 Å². The number of nitrogens with one attached hydrogen (secondary N) is 1. The number of rotatable bonds is 5. The van der Waals surface area contributed by atoms with E-state index < -0.39 is 0 Å². The molecule has 0 aliphatic rings. The van der Waals surface area contributed by atoms with Crippen molar-refractivity contribution in [3.63, 3.8) is 0 Å². The Morgan fingerprint density at radius 3 is 2.75 bits per heavy atom. The first kappa shape index (κ1) is 12.8. The monoisotopic (exact) mass is 215 g/mol. The molecule has 0 heterocycles. The van der Waals surface area contributed by atoms with Gasteiger partial charge >= 0.3 is 0 Å². The zero-order valence-electron chi connectivity index (χ0n) is 10.5. The summed E-state index contributed by atoms with van der Waals surface area (Å²) < 4.78 is 0. The van der Waals surface area contributed by atoms with Gasteiger partial charge in [-0.3, -0.25) is 0 Å². The van der Waals surface area contributed by atoms with E-state index in [0.29, 0.717) is 6.04 Å². The molecule has 0 radical (unpaired) electrons. The van der Waals surface area contributed by atoms with Crippen LogP contribution in [0.3, 0.4) is 0 Å². The van der Waals surface area contributed by atoms with Crippen LogP contribution in [-0.4, -0.2) is 6.54 Å². The molecule has 0 fully saturated rings. The van der Waals surface area contributed by atoms with Crippen molar-refractivity contribution < 1.29 is 0 Å². The highest BCUT2D eigenvalue weighted by molar-refractivity contribution is 5.35. The fraction of sp³-hybridized carbons (Fsp3) is 0.467. The molecule has 0 bridgehead atoms. The second kappa shape index (κ2) is 6.35. The van der Waals surface area contributed by atoms with Gasteiger partial charge in [-0.25, -0.2) is 0 Å². The van der Waals surface area contributed by atoms with Gasteiger partial charge < -0.3 is 5.32 Å². The number of terminal acetylenes is 1. The third kappa shape index (κ3) is 3.12. The van der Waals surface area contributed by atoms with Gasteiger partial charge in [-0.15, -0.1) is 12.3 Å². The van der Waals surface area contributed by atoms with E-state index in [-0.39, 0.29) is 0 Å². The molecule has 1 nitrogen and oxygen atoms in total. The summed E-state index contributed by atoms with van der Waals surface area (Å²) in [6.45, 7) is 7.50. The summed E-state index contributed by atoms with van der Waals surface area (Å²) >= 11 is 0. The van der Waals surface area contributed by atoms with Crippen LogP contribution in [0.5, 0.6) is 0 Å². The van der Waals surface area contributed by atoms with Gasteiger partial charge in [0.15, 0.2) is 0 Å². The van der Waals surface area contributed by atoms with Gasteiger partial charge in [-0.05, 0) is 43.5 Å². The molecule has 1 aromatic carbocycles. The van der Waals surface area contributed by atoms with Gasteiger partial charge in [0, 0.05) is 12.5 Å². The van der Waals surface area contributed by atoms with E-state index >= 15 is 0 Å². The molecular weight excluding hydrogens is 194 g/mol. The van der Waals surface area contributed by atoms with Crippen LogP contribution in [0.2, 0.25) is 0 Å². The quantitative estimate of drug-likeness (QED) is 0.743. The van der Waals surface area contributed by atoms with Gasteiger partial charge in [-0.1, -0.05) is 25.1 Å². The summed E-state index contributed by atoms with van der Waals surface area (Å²) in [7, 11) is 0. The molecule has 0 saturated carbocycles. The average molecular weight is 215 g/mol. The van der Waals surface area contributed by atoms with E-state index in [0.717, 1.165) is 19.4 Å². The minimum absolute atomic E-state index is 0.296. The van der Waals surface area contributed by atoms with Crippen molar-refractivity contribution in [2.24, 2.45) is 0 Å². The van der Waals surface area contributed by atoms with E-state index in [1.54, 1.807) is 0 Å². The summed E-state index contributed by atoms with van der Waals surface area (Å²) in [5, 5.41) is 3.51. The largest absolute Gasteiger partial charge is 0.309 e. The molecule has 1 aromatic rings. The molecule has 1 N–H and O–H groups in total. The normalized spacial score (nSPS) is 12.1. The van der Waals surface area contributed by atoms with Gasteiger partial charge in [0.1, 0.15) is 0 Å². The number of benzene rings is 1. The molecule has 1 unspecified atom stereocenters. The van der Waals surface area contributed by atoms with E-state index in [9.17, 15) is 0 Å². The highest BCUT2D eigenvalue weighted by Crippen LogP contribution is 2.22. The highest BCUT2D eigenvalue weighted by atomic mass is 14.9. The molecule has 1 atom stereocenters. The van der Waals surface area contributed by atoms with E-state index in [1.807, 2.05) is 0 Å². The van der Waals surface area contributed by atoms with Crippen LogP contribution in [0.25, 0.3) is 0 Å². The Balaban J connectivity index is 2.92. The molecule has 86 valence electrons. The molecular formula is C15H21N. The third-order valence-corrected chi connectivity index (χ3v) is 2.98. The van der Waals surface area contributed by atoms with Crippen LogP contribution in [0, 0.1) is 26.2 Å². The van der Waals surface area contributed by atoms with Crippen molar-refractivity contribution in [3.8, 4) is 12.3 Å².